The first-order valence-corrected chi connectivity index (χ1v) is 6.84. The number of benzene rings is 1. The first-order chi connectivity index (χ1) is 10.6. The molecule has 2 aromatic heterocycles. The second-order valence-electron chi connectivity index (χ2n) is 4.63. The summed E-state index contributed by atoms with van der Waals surface area (Å²) < 4.78 is 5.86. The van der Waals surface area contributed by atoms with Crippen LogP contribution in [0.3, 0.4) is 0 Å². The van der Waals surface area contributed by atoms with Crippen LogP contribution in [0.15, 0.2) is 43.0 Å². The second-order valence-corrected chi connectivity index (χ2v) is 5.06. The Bertz CT molecular complexity index is 810. The maximum atomic E-state index is 6.08. The number of nitrogen functional groups attached to an aromatic ring is 1. The van der Waals surface area contributed by atoms with Crippen LogP contribution in [0.4, 0.5) is 5.82 Å². The fourth-order valence-electron chi connectivity index (χ4n) is 1.95. The van der Waals surface area contributed by atoms with Crippen LogP contribution in [0, 0.1) is 6.92 Å². The van der Waals surface area contributed by atoms with Gasteiger partial charge in [-0.05, 0) is 31.2 Å². The topological polar surface area (TPSA) is 86.8 Å². The summed E-state index contributed by atoms with van der Waals surface area (Å²) in [7, 11) is 0. The number of aryl methyl sites for hydroxylation is 1. The molecule has 0 saturated carbocycles. The highest BCUT2D eigenvalue weighted by Crippen LogP contribution is 2.35. The van der Waals surface area contributed by atoms with Gasteiger partial charge in [0.05, 0.1) is 0 Å². The van der Waals surface area contributed by atoms with Gasteiger partial charge in [-0.3, -0.25) is 0 Å². The van der Waals surface area contributed by atoms with Crippen LogP contribution in [-0.4, -0.2) is 20.2 Å². The fourth-order valence-corrected chi connectivity index (χ4v) is 2.13. The molecule has 0 bridgehead atoms. The minimum atomic E-state index is 0.345. The van der Waals surface area contributed by atoms with Crippen molar-refractivity contribution in [3.63, 3.8) is 0 Å². The normalized spacial score (nSPS) is 10.5. The number of rotatable bonds is 3. The first kappa shape index (κ1) is 14.2. The Morgan fingerprint density at radius 3 is 2.59 bits per heavy atom. The summed E-state index contributed by atoms with van der Waals surface area (Å²) in [5.74, 6) is 1.31. The maximum absolute atomic E-state index is 6.08. The molecule has 0 unspecified atom stereocenters. The number of ether oxygens (including phenoxy) is 1. The molecule has 0 amide bonds. The van der Waals surface area contributed by atoms with Gasteiger partial charge < -0.3 is 10.5 Å². The number of nitrogens with zero attached hydrogens (tertiary/aromatic N) is 4. The molecule has 0 spiro atoms. The summed E-state index contributed by atoms with van der Waals surface area (Å²) in [4.78, 5) is 8.03. The largest absolute Gasteiger partial charge is 0.437 e. The SMILES string of the molecule is Cc1cc(N)nnc1Oc1ccc(Cl)cc1-c1cncnc1. The van der Waals surface area contributed by atoms with Gasteiger partial charge in [0, 0.05) is 34.1 Å². The zero-order valence-electron chi connectivity index (χ0n) is 11.7. The molecule has 0 radical (unpaired) electrons. The monoisotopic (exact) mass is 313 g/mol. The van der Waals surface area contributed by atoms with Crippen molar-refractivity contribution in [3.8, 4) is 22.8 Å². The van der Waals surface area contributed by atoms with E-state index in [4.69, 9.17) is 22.1 Å². The number of hydrogen-bond acceptors (Lipinski definition) is 6. The van der Waals surface area contributed by atoms with Gasteiger partial charge in [-0.25, -0.2) is 9.97 Å². The van der Waals surface area contributed by atoms with E-state index in [0.29, 0.717) is 22.5 Å². The Labute approximate surface area is 132 Å². The average Bonchev–Trinajstić information content (AvgIpc) is 2.52. The number of nitrogens with two attached hydrogens (primary N) is 1. The van der Waals surface area contributed by atoms with Gasteiger partial charge in [-0.15, -0.1) is 10.2 Å². The van der Waals surface area contributed by atoms with E-state index < -0.39 is 0 Å². The molecule has 0 aliphatic rings. The van der Waals surface area contributed by atoms with Gasteiger partial charge in [0.25, 0.3) is 0 Å². The third-order valence-electron chi connectivity index (χ3n) is 2.98. The lowest BCUT2D eigenvalue weighted by molar-refractivity contribution is 0.453. The van der Waals surface area contributed by atoms with E-state index in [1.165, 1.54) is 6.33 Å². The molecule has 2 heterocycles. The van der Waals surface area contributed by atoms with Crippen LogP contribution in [0.25, 0.3) is 11.1 Å². The van der Waals surface area contributed by atoms with Crippen molar-refractivity contribution in [2.75, 3.05) is 5.73 Å². The van der Waals surface area contributed by atoms with Gasteiger partial charge in [0.1, 0.15) is 17.9 Å². The first-order valence-electron chi connectivity index (χ1n) is 6.46. The Balaban J connectivity index is 2.04. The summed E-state index contributed by atoms with van der Waals surface area (Å²) in [5.41, 5.74) is 7.95. The quantitative estimate of drug-likeness (QED) is 0.798. The van der Waals surface area contributed by atoms with E-state index >= 15 is 0 Å². The number of hydrogen-bond donors (Lipinski definition) is 1. The average molecular weight is 314 g/mol. The van der Waals surface area contributed by atoms with Gasteiger partial charge in [-0.1, -0.05) is 11.6 Å². The lowest BCUT2D eigenvalue weighted by Crippen LogP contribution is -1.99. The zero-order chi connectivity index (χ0) is 15.5. The van der Waals surface area contributed by atoms with Crippen molar-refractivity contribution in [3.05, 3.63) is 53.6 Å². The van der Waals surface area contributed by atoms with Gasteiger partial charge in [0.2, 0.25) is 5.88 Å². The Morgan fingerprint density at radius 1 is 1.09 bits per heavy atom. The molecule has 7 heteroatoms. The van der Waals surface area contributed by atoms with Crippen molar-refractivity contribution in [2.45, 2.75) is 6.92 Å². The van der Waals surface area contributed by atoms with Crippen LogP contribution in [-0.2, 0) is 0 Å². The molecular weight excluding hydrogens is 302 g/mol. The van der Waals surface area contributed by atoms with Crippen LogP contribution in [0.5, 0.6) is 11.6 Å². The molecule has 0 fully saturated rings. The maximum Gasteiger partial charge on any atom is 0.241 e. The van der Waals surface area contributed by atoms with E-state index in [0.717, 1.165) is 16.7 Å². The van der Waals surface area contributed by atoms with E-state index in [9.17, 15) is 0 Å². The standard InChI is InChI=1S/C15H12ClN5O/c1-9-4-14(17)20-21-15(9)22-13-3-2-11(16)5-12(13)10-6-18-8-19-7-10/h2-8H,1H3,(H2,17,20). The third-order valence-corrected chi connectivity index (χ3v) is 3.21. The van der Waals surface area contributed by atoms with E-state index in [1.807, 2.05) is 6.92 Å². The third kappa shape index (κ3) is 2.96. The number of anilines is 1. The molecular formula is C15H12ClN5O. The van der Waals surface area contributed by atoms with Crippen molar-refractivity contribution >= 4 is 17.4 Å². The number of aromatic nitrogens is 4. The van der Waals surface area contributed by atoms with E-state index in [-0.39, 0.29) is 0 Å². The zero-order valence-corrected chi connectivity index (χ0v) is 12.4. The van der Waals surface area contributed by atoms with Crippen LogP contribution in [0.2, 0.25) is 5.02 Å². The molecule has 0 aliphatic carbocycles. The Morgan fingerprint density at radius 2 is 1.86 bits per heavy atom. The highest BCUT2D eigenvalue weighted by molar-refractivity contribution is 6.31. The molecule has 0 atom stereocenters. The predicted octanol–water partition coefficient (Wildman–Crippen LogP) is 3.27. The molecule has 22 heavy (non-hydrogen) atoms. The summed E-state index contributed by atoms with van der Waals surface area (Å²) >= 11 is 6.08. The minimum Gasteiger partial charge on any atom is -0.437 e. The van der Waals surface area contributed by atoms with Crippen molar-refractivity contribution in [1.82, 2.24) is 20.2 Å². The second kappa shape index (κ2) is 5.95. The van der Waals surface area contributed by atoms with Crippen molar-refractivity contribution in [2.24, 2.45) is 0 Å². The predicted molar refractivity (Wildman–Crippen MR) is 83.7 cm³/mol. The molecule has 3 rings (SSSR count). The highest BCUT2D eigenvalue weighted by atomic mass is 35.5. The Kier molecular flexibility index (Phi) is 3.84. The highest BCUT2D eigenvalue weighted by Gasteiger charge is 2.12. The van der Waals surface area contributed by atoms with Crippen LogP contribution >= 0.6 is 11.6 Å². The molecule has 0 saturated heterocycles. The Hall–Kier alpha value is -2.73. The molecule has 6 nitrogen and oxygen atoms in total. The number of halogens is 1. The van der Waals surface area contributed by atoms with Gasteiger partial charge >= 0.3 is 0 Å². The lowest BCUT2D eigenvalue weighted by Gasteiger charge is -2.12. The summed E-state index contributed by atoms with van der Waals surface area (Å²) in [6.45, 7) is 1.85. The molecule has 3 aromatic rings. The summed E-state index contributed by atoms with van der Waals surface area (Å²) in [6.07, 6.45) is 4.84. The molecule has 110 valence electrons. The smallest absolute Gasteiger partial charge is 0.241 e. The van der Waals surface area contributed by atoms with Gasteiger partial charge in [0.15, 0.2) is 0 Å². The van der Waals surface area contributed by atoms with Crippen molar-refractivity contribution in [1.29, 1.82) is 0 Å². The molecule has 1 aromatic carbocycles. The molecule has 0 aliphatic heterocycles. The van der Waals surface area contributed by atoms with Gasteiger partial charge in [-0.2, -0.15) is 0 Å². The summed E-state index contributed by atoms with van der Waals surface area (Å²) in [6, 6.07) is 6.99. The summed E-state index contributed by atoms with van der Waals surface area (Å²) in [5, 5.41) is 8.37. The van der Waals surface area contributed by atoms with E-state index in [1.54, 1.807) is 36.7 Å². The lowest BCUT2D eigenvalue weighted by atomic mass is 10.1. The minimum absolute atomic E-state index is 0.345. The van der Waals surface area contributed by atoms with Crippen LogP contribution in [0.1, 0.15) is 5.56 Å². The van der Waals surface area contributed by atoms with E-state index in [2.05, 4.69) is 20.2 Å². The van der Waals surface area contributed by atoms with Crippen LogP contribution < -0.4 is 10.5 Å². The molecule has 2 N–H and O–H groups in total. The van der Waals surface area contributed by atoms with Crippen molar-refractivity contribution < 1.29 is 4.74 Å². The fraction of sp³-hybridized carbons (Fsp3) is 0.0667.